The quantitative estimate of drug-likeness (QED) is 0.870. The van der Waals surface area contributed by atoms with Crippen LogP contribution in [0.2, 0.25) is 0 Å². The third kappa shape index (κ3) is 3.00. The van der Waals surface area contributed by atoms with Crippen molar-refractivity contribution in [1.29, 1.82) is 0 Å². The first kappa shape index (κ1) is 12.4. The number of rotatable bonds is 2. The average molecular weight is 243 g/mol. The van der Waals surface area contributed by atoms with Crippen LogP contribution in [0.3, 0.4) is 0 Å². The molecule has 1 aromatic heterocycles. The van der Waals surface area contributed by atoms with Gasteiger partial charge in [-0.1, -0.05) is 26.8 Å². The highest BCUT2D eigenvalue weighted by molar-refractivity contribution is 5.35. The minimum Gasteiger partial charge on any atom is -0.508 e. The van der Waals surface area contributed by atoms with Crippen LogP contribution in [-0.4, -0.2) is 10.1 Å². The first-order valence-electron chi connectivity index (χ1n) is 5.88. The maximum atomic E-state index is 9.37. The number of hydrogen-bond donors (Lipinski definition) is 1. The Morgan fingerprint density at radius 1 is 1.11 bits per heavy atom. The van der Waals surface area contributed by atoms with Gasteiger partial charge in [-0.25, -0.2) is 4.98 Å². The fourth-order valence-corrected chi connectivity index (χ4v) is 1.60. The lowest BCUT2D eigenvalue weighted by Gasteiger charge is -2.19. The van der Waals surface area contributed by atoms with Gasteiger partial charge in [-0.05, 0) is 29.2 Å². The van der Waals surface area contributed by atoms with Gasteiger partial charge in [0, 0.05) is 18.3 Å². The number of aromatic nitrogens is 1. The van der Waals surface area contributed by atoms with Crippen molar-refractivity contribution in [2.75, 3.05) is 0 Å². The molecule has 2 rings (SSSR count). The van der Waals surface area contributed by atoms with Crippen molar-refractivity contribution in [3.63, 3.8) is 0 Å². The molecule has 0 aliphatic carbocycles. The molecule has 3 nitrogen and oxygen atoms in total. The van der Waals surface area contributed by atoms with Gasteiger partial charge in [0.25, 0.3) is 0 Å². The molecule has 0 aliphatic rings. The molecule has 0 saturated heterocycles. The predicted molar refractivity (Wildman–Crippen MR) is 71.1 cm³/mol. The van der Waals surface area contributed by atoms with E-state index in [1.165, 1.54) is 0 Å². The third-order valence-corrected chi connectivity index (χ3v) is 2.64. The van der Waals surface area contributed by atoms with E-state index in [9.17, 15) is 5.11 Å². The summed E-state index contributed by atoms with van der Waals surface area (Å²) in [5.41, 5.74) is 1.22. The van der Waals surface area contributed by atoms with Gasteiger partial charge in [-0.2, -0.15) is 0 Å². The molecular formula is C15H17NO2. The van der Waals surface area contributed by atoms with Crippen LogP contribution in [0.25, 0.3) is 0 Å². The number of ether oxygens (including phenoxy) is 1. The van der Waals surface area contributed by atoms with Crippen LogP contribution in [0, 0.1) is 0 Å². The molecule has 0 radical (unpaired) electrons. The van der Waals surface area contributed by atoms with Gasteiger partial charge in [-0.3, -0.25) is 0 Å². The number of hydrogen-bond acceptors (Lipinski definition) is 3. The summed E-state index contributed by atoms with van der Waals surface area (Å²) in [5, 5.41) is 9.37. The minimum absolute atomic E-state index is 0.0554. The molecule has 0 spiro atoms. The lowest BCUT2D eigenvalue weighted by Crippen LogP contribution is -2.11. The van der Waals surface area contributed by atoms with Crippen molar-refractivity contribution in [2.45, 2.75) is 26.2 Å². The van der Waals surface area contributed by atoms with Gasteiger partial charge in [0.05, 0.1) is 0 Å². The van der Waals surface area contributed by atoms with E-state index in [1.807, 2.05) is 12.1 Å². The topological polar surface area (TPSA) is 42.4 Å². The van der Waals surface area contributed by atoms with Crippen LogP contribution in [0.15, 0.2) is 42.6 Å². The molecule has 0 amide bonds. The second-order valence-electron chi connectivity index (χ2n) is 5.23. The maximum Gasteiger partial charge on any atom is 0.219 e. The summed E-state index contributed by atoms with van der Waals surface area (Å²) in [6, 6.07) is 10.6. The molecule has 94 valence electrons. The van der Waals surface area contributed by atoms with Crippen molar-refractivity contribution >= 4 is 0 Å². The Balaban J connectivity index is 2.25. The summed E-state index contributed by atoms with van der Waals surface area (Å²) < 4.78 is 5.62. The van der Waals surface area contributed by atoms with Crippen LogP contribution in [0.5, 0.6) is 17.4 Å². The van der Waals surface area contributed by atoms with Crippen molar-refractivity contribution < 1.29 is 9.84 Å². The minimum atomic E-state index is 0.0554. The zero-order valence-electron chi connectivity index (χ0n) is 10.8. The molecule has 0 saturated carbocycles. The monoisotopic (exact) mass is 243 g/mol. The molecule has 18 heavy (non-hydrogen) atoms. The normalized spacial score (nSPS) is 11.3. The molecule has 0 atom stereocenters. The Morgan fingerprint density at radius 2 is 1.89 bits per heavy atom. The van der Waals surface area contributed by atoms with Crippen LogP contribution in [0.4, 0.5) is 0 Å². The fraction of sp³-hybridized carbons (Fsp3) is 0.267. The van der Waals surface area contributed by atoms with E-state index in [1.54, 1.807) is 30.5 Å². The molecule has 1 heterocycles. The van der Waals surface area contributed by atoms with Crippen molar-refractivity contribution in [3.8, 4) is 17.4 Å². The molecule has 3 heteroatoms. The average Bonchev–Trinajstić information content (AvgIpc) is 2.28. The Labute approximate surface area is 107 Å². The molecule has 0 bridgehead atoms. The van der Waals surface area contributed by atoms with Gasteiger partial charge in [-0.15, -0.1) is 0 Å². The van der Waals surface area contributed by atoms with Crippen LogP contribution in [-0.2, 0) is 5.41 Å². The van der Waals surface area contributed by atoms with Gasteiger partial charge in [0.15, 0.2) is 0 Å². The van der Waals surface area contributed by atoms with E-state index in [0.29, 0.717) is 11.6 Å². The standard InChI is InChI=1S/C15H17NO2/c1-15(2,3)11-7-8-16-14(9-11)18-13-6-4-5-12(17)10-13/h4-10,17H,1-3H3. The van der Waals surface area contributed by atoms with Crippen molar-refractivity contribution in [2.24, 2.45) is 0 Å². The summed E-state index contributed by atoms with van der Waals surface area (Å²) in [6.07, 6.45) is 1.73. The first-order valence-corrected chi connectivity index (χ1v) is 5.88. The van der Waals surface area contributed by atoms with Gasteiger partial charge in [0.1, 0.15) is 11.5 Å². The number of benzene rings is 1. The predicted octanol–water partition coefficient (Wildman–Crippen LogP) is 3.88. The number of nitrogens with zero attached hydrogens (tertiary/aromatic N) is 1. The second kappa shape index (κ2) is 4.69. The molecule has 0 fully saturated rings. The summed E-state index contributed by atoms with van der Waals surface area (Å²) >= 11 is 0. The Hall–Kier alpha value is -2.03. The SMILES string of the molecule is CC(C)(C)c1ccnc(Oc2cccc(O)c2)c1. The number of phenols is 1. The van der Waals surface area contributed by atoms with Crippen LogP contribution < -0.4 is 4.74 Å². The van der Waals surface area contributed by atoms with E-state index in [2.05, 4.69) is 25.8 Å². The summed E-state index contributed by atoms with van der Waals surface area (Å²) in [4.78, 5) is 4.17. The molecule has 0 aliphatic heterocycles. The van der Waals surface area contributed by atoms with Crippen molar-refractivity contribution in [1.82, 2.24) is 4.98 Å². The Kier molecular flexibility index (Phi) is 3.24. The number of phenolic OH excluding ortho intramolecular Hbond substituents is 1. The van der Waals surface area contributed by atoms with Crippen molar-refractivity contribution in [3.05, 3.63) is 48.2 Å². The highest BCUT2D eigenvalue weighted by Gasteiger charge is 2.14. The molecule has 1 N–H and O–H groups in total. The zero-order chi connectivity index (χ0) is 13.2. The van der Waals surface area contributed by atoms with Gasteiger partial charge in [0.2, 0.25) is 5.88 Å². The zero-order valence-corrected chi connectivity index (χ0v) is 10.8. The van der Waals surface area contributed by atoms with E-state index < -0.39 is 0 Å². The van der Waals surface area contributed by atoms with E-state index in [4.69, 9.17) is 4.74 Å². The maximum absolute atomic E-state index is 9.37. The smallest absolute Gasteiger partial charge is 0.219 e. The molecule has 2 aromatic rings. The van der Waals surface area contributed by atoms with Gasteiger partial charge >= 0.3 is 0 Å². The lowest BCUT2D eigenvalue weighted by molar-refractivity contribution is 0.443. The Bertz CT molecular complexity index is 544. The van der Waals surface area contributed by atoms with E-state index in [-0.39, 0.29) is 11.2 Å². The summed E-state index contributed by atoms with van der Waals surface area (Å²) in [5.74, 6) is 1.29. The van der Waals surface area contributed by atoms with E-state index >= 15 is 0 Å². The summed E-state index contributed by atoms with van der Waals surface area (Å²) in [7, 11) is 0. The molecule has 0 unspecified atom stereocenters. The third-order valence-electron chi connectivity index (χ3n) is 2.64. The number of aromatic hydroxyl groups is 1. The van der Waals surface area contributed by atoms with Crippen LogP contribution in [0.1, 0.15) is 26.3 Å². The molecule has 1 aromatic carbocycles. The molecular weight excluding hydrogens is 226 g/mol. The second-order valence-corrected chi connectivity index (χ2v) is 5.23. The lowest BCUT2D eigenvalue weighted by atomic mass is 9.88. The first-order chi connectivity index (χ1) is 8.45. The Morgan fingerprint density at radius 3 is 2.56 bits per heavy atom. The largest absolute Gasteiger partial charge is 0.508 e. The number of pyridine rings is 1. The summed E-state index contributed by atoms with van der Waals surface area (Å²) in [6.45, 7) is 6.42. The highest BCUT2D eigenvalue weighted by atomic mass is 16.5. The highest BCUT2D eigenvalue weighted by Crippen LogP contribution is 2.27. The van der Waals surface area contributed by atoms with E-state index in [0.717, 1.165) is 5.56 Å². The van der Waals surface area contributed by atoms with Gasteiger partial charge < -0.3 is 9.84 Å². The fourth-order valence-electron chi connectivity index (χ4n) is 1.60. The van der Waals surface area contributed by atoms with Crippen LogP contribution >= 0.6 is 0 Å².